The first-order valence-corrected chi connectivity index (χ1v) is 14.5. The Hall–Kier alpha value is -0.240. The van der Waals surface area contributed by atoms with Crippen LogP contribution in [0.15, 0.2) is 0 Å². The van der Waals surface area contributed by atoms with Crippen LogP contribution in [0.25, 0.3) is 0 Å². The SMILES string of the molecule is OC1(O)CCCCCCCCCCCCCCCCCCCCCCCCCC(O)(O)C1(O)O. The van der Waals surface area contributed by atoms with E-state index in [0.29, 0.717) is 12.8 Å². The Labute approximate surface area is 208 Å². The van der Waals surface area contributed by atoms with Crippen molar-refractivity contribution in [3.8, 4) is 0 Å². The van der Waals surface area contributed by atoms with Gasteiger partial charge in [-0.15, -0.1) is 0 Å². The second-order valence-electron chi connectivity index (χ2n) is 10.9. The maximum Gasteiger partial charge on any atom is 0.274 e. The van der Waals surface area contributed by atoms with E-state index in [-0.39, 0.29) is 12.8 Å². The molecule has 1 aliphatic carbocycles. The fraction of sp³-hybridized carbons (Fsp3) is 1.00. The van der Waals surface area contributed by atoms with Crippen LogP contribution in [0.5, 0.6) is 0 Å². The highest BCUT2D eigenvalue weighted by Gasteiger charge is 2.60. The highest BCUT2D eigenvalue weighted by atomic mass is 16.7. The Morgan fingerprint density at radius 2 is 0.382 bits per heavy atom. The minimum absolute atomic E-state index is 0.317. The molecule has 0 saturated heterocycles. The molecular weight excluding hydrogens is 432 g/mol. The lowest BCUT2D eigenvalue weighted by Crippen LogP contribution is -2.68. The van der Waals surface area contributed by atoms with Crippen LogP contribution in [0.1, 0.15) is 161 Å². The Morgan fingerprint density at radius 3 is 0.559 bits per heavy atom. The predicted octanol–water partition coefficient (Wildman–Crippen LogP) is 5.80. The first-order chi connectivity index (χ1) is 16.2. The van der Waals surface area contributed by atoms with Crippen molar-refractivity contribution < 1.29 is 30.6 Å². The molecule has 0 spiro atoms. The standard InChI is InChI=1S/C28H56O6/c29-26(30)24-22-20-18-16-14-12-10-8-6-4-2-1-3-5-7-9-11-13-15-17-19-21-23-25-27(31,32)28(26,33)34/h29-34H,1-25H2. The lowest BCUT2D eigenvalue weighted by Gasteiger charge is -2.43. The Bertz CT molecular complexity index is 438. The molecule has 1 saturated carbocycles. The van der Waals surface area contributed by atoms with Crippen LogP contribution in [0.3, 0.4) is 0 Å². The van der Waals surface area contributed by atoms with E-state index in [9.17, 15) is 30.6 Å². The molecule has 0 atom stereocenters. The average molecular weight is 489 g/mol. The molecule has 6 nitrogen and oxygen atoms in total. The molecule has 1 aliphatic rings. The Kier molecular flexibility index (Phi) is 16.9. The van der Waals surface area contributed by atoms with Gasteiger partial charge in [0.25, 0.3) is 5.79 Å². The van der Waals surface area contributed by atoms with Crippen molar-refractivity contribution in [3.63, 3.8) is 0 Å². The van der Waals surface area contributed by atoms with E-state index >= 15 is 0 Å². The summed E-state index contributed by atoms with van der Waals surface area (Å²) in [6, 6.07) is 0. The molecule has 1 fully saturated rings. The van der Waals surface area contributed by atoms with Crippen LogP contribution in [0.2, 0.25) is 0 Å². The zero-order valence-electron chi connectivity index (χ0n) is 21.9. The van der Waals surface area contributed by atoms with Crippen LogP contribution >= 0.6 is 0 Å². The zero-order valence-corrected chi connectivity index (χ0v) is 21.9. The monoisotopic (exact) mass is 488 g/mol. The number of hydrogen-bond acceptors (Lipinski definition) is 6. The normalized spacial score (nSPS) is 26.6. The summed E-state index contributed by atoms with van der Waals surface area (Å²) in [7, 11) is 0. The Balaban J connectivity index is 2.43. The van der Waals surface area contributed by atoms with Gasteiger partial charge in [-0.2, -0.15) is 0 Å². The van der Waals surface area contributed by atoms with Crippen molar-refractivity contribution in [2.75, 3.05) is 0 Å². The topological polar surface area (TPSA) is 121 Å². The van der Waals surface area contributed by atoms with Gasteiger partial charge in [-0.25, -0.2) is 0 Å². The molecule has 0 heterocycles. The summed E-state index contributed by atoms with van der Waals surface area (Å²) in [5.41, 5.74) is 0. The molecule has 34 heavy (non-hydrogen) atoms. The van der Waals surface area contributed by atoms with Crippen LogP contribution < -0.4 is 0 Å². The van der Waals surface area contributed by atoms with Crippen molar-refractivity contribution in [1.82, 2.24) is 0 Å². The van der Waals surface area contributed by atoms with Gasteiger partial charge in [0.05, 0.1) is 0 Å². The summed E-state index contributed by atoms with van der Waals surface area (Å²) < 4.78 is 0. The van der Waals surface area contributed by atoms with Crippen molar-refractivity contribution in [2.45, 2.75) is 178 Å². The molecule has 0 aromatic rings. The molecule has 0 aromatic carbocycles. The molecule has 0 aliphatic heterocycles. The lowest BCUT2D eigenvalue weighted by atomic mass is 9.88. The third-order valence-electron chi connectivity index (χ3n) is 7.67. The van der Waals surface area contributed by atoms with Gasteiger partial charge in [0, 0.05) is 12.8 Å². The van der Waals surface area contributed by atoms with E-state index in [4.69, 9.17) is 0 Å². The Morgan fingerprint density at radius 1 is 0.235 bits per heavy atom. The van der Waals surface area contributed by atoms with Gasteiger partial charge < -0.3 is 30.6 Å². The van der Waals surface area contributed by atoms with Gasteiger partial charge >= 0.3 is 0 Å². The molecular formula is C28H56O6. The van der Waals surface area contributed by atoms with Crippen LogP contribution in [0, 0.1) is 0 Å². The van der Waals surface area contributed by atoms with Crippen molar-refractivity contribution in [1.29, 1.82) is 0 Å². The molecule has 0 aromatic heterocycles. The predicted molar refractivity (Wildman–Crippen MR) is 137 cm³/mol. The minimum atomic E-state index is -3.40. The van der Waals surface area contributed by atoms with Gasteiger partial charge in [-0.1, -0.05) is 135 Å². The van der Waals surface area contributed by atoms with Crippen LogP contribution in [-0.4, -0.2) is 48.0 Å². The summed E-state index contributed by atoms with van der Waals surface area (Å²) in [5.74, 6) is -9.35. The van der Waals surface area contributed by atoms with E-state index in [1.54, 1.807) is 0 Å². The van der Waals surface area contributed by atoms with E-state index in [2.05, 4.69) is 0 Å². The van der Waals surface area contributed by atoms with E-state index in [1.165, 1.54) is 96.3 Å². The largest absolute Gasteiger partial charge is 0.361 e. The fourth-order valence-electron chi connectivity index (χ4n) is 5.12. The molecule has 6 heteroatoms. The van der Waals surface area contributed by atoms with E-state index < -0.39 is 17.4 Å². The van der Waals surface area contributed by atoms with Gasteiger partial charge in [-0.05, 0) is 12.8 Å². The molecule has 6 N–H and O–H groups in total. The maximum atomic E-state index is 10.2. The lowest BCUT2D eigenvalue weighted by molar-refractivity contribution is -0.454. The highest BCUT2D eigenvalue weighted by Crippen LogP contribution is 2.35. The smallest absolute Gasteiger partial charge is 0.274 e. The molecule has 1 rings (SSSR count). The second-order valence-corrected chi connectivity index (χ2v) is 10.9. The maximum absolute atomic E-state index is 10.2. The number of hydrogen-bond donors (Lipinski definition) is 6. The highest BCUT2D eigenvalue weighted by molar-refractivity contribution is 4.93. The van der Waals surface area contributed by atoms with Crippen molar-refractivity contribution in [2.24, 2.45) is 0 Å². The number of aliphatic hydroxyl groups is 6. The molecule has 0 bridgehead atoms. The average Bonchev–Trinajstić information content (AvgIpc) is 2.78. The van der Waals surface area contributed by atoms with Crippen LogP contribution in [-0.2, 0) is 0 Å². The summed E-state index contributed by atoms with van der Waals surface area (Å²) in [6.45, 7) is 0. The minimum Gasteiger partial charge on any atom is -0.361 e. The van der Waals surface area contributed by atoms with Gasteiger partial charge in [0.1, 0.15) is 0 Å². The van der Waals surface area contributed by atoms with Gasteiger partial charge in [0.15, 0.2) is 0 Å². The summed E-state index contributed by atoms with van der Waals surface area (Å²) in [6.07, 6.45) is 25.2. The quantitative estimate of drug-likeness (QED) is 0.240. The van der Waals surface area contributed by atoms with Crippen molar-refractivity contribution >= 4 is 0 Å². The third kappa shape index (κ3) is 13.2. The molecule has 0 amide bonds. The second kappa shape index (κ2) is 18.1. The summed E-state index contributed by atoms with van der Waals surface area (Å²) in [5, 5.41) is 61.4. The van der Waals surface area contributed by atoms with Gasteiger partial charge in [-0.3, -0.25) is 0 Å². The third-order valence-corrected chi connectivity index (χ3v) is 7.67. The first-order valence-electron chi connectivity index (χ1n) is 14.5. The zero-order chi connectivity index (χ0) is 25.2. The summed E-state index contributed by atoms with van der Waals surface area (Å²) in [4.78, 5) is 0. The van der Waals surface area contributed by atoms with E-state index in [1.807, 2.05) is 0 Å². The fourth-order valence-corrected chi connectivity index (χ4v) is 5.12. The van der Waals surface area contributed by atoms with Crippen LogP contribution in [0.4, 0.5) is 0 Å². The van der Waals surface area contributed by atoms with Crippen molar-refractivity contribution in [3.05, 3.63) is 0 Å². The molecule has 204 valence electrons. The van der Waals surface area contributed by atoms with E-state index in [0.717, 1.165) is 38.5 Å². The first kappa shape index (κ1) is 31.8. The molecule has 0 unspecified atom stereocenters. The molecule has 0 radical (unpaired) electrons. The van der Waals surface area contributed by atoms with Gasteiger partial charge in [0.2, 0.25) is 11.6 Å². The number of rotatable bonds is 0. The summed E-state index contributed by atoms with van der Waals surface area (Å²) >= 11 is 0.